The summed E-state index contributed by atoms with van der Waals surface area (Å²) in [6.07, 6.45) is 4.89. The maximum Gasteiger partial charge on any atom is 0.332 e. The fourth-order valence-corrected chi connectivity index (χ4v) is 1.23. The summed E-state index contributed by atoms with van der Waals surface area (Å²) in [5, 5.41) is 3.17. The van der Waals surface area contributed by atoms with Gasteiger partial charge in [-0.2, -0.15) is 0 Å². The monoisotopic (exact) mass is 169 g/mol. The van der Waals surface area contributed by atoms with E-state index in [-0.39, 0.29) is 5.97 Å². The average molecular weight is 169 g/mol. The summed E-state index contributed by atoms with van der Waals surface area (Å²) in [5.41, 5.74) is 1.01. The number of hydrogen-bond donors (Lipinski definition) is 1. The van der Waals surface area contributed by atoms with Crippen LogP contribution in [0.2, 0.25) is 0 Å². The second kappa shape index (κ2) is 4.80. The van der Waals surface area contributed by atoms with E-state index in [2.05, 4.69) is 5.32 Å². The molecule has 1 aliphatic rings. The minimum Gasteiger partial charge on any atom is -0.463 e. The Balaban J connectivity index is 2.37. The summed E-state index contributed by atoms with van der Waals surface area (Å²) in [4.78, 5) is 11.0. The van der Waals surface area contributed by atoms with Crippen LogP contribution in [-0.2, 0) is 9.53 Å². The van der Waals surface area contributed by atoms with Crippen LogP contribution in [0.25, 0.3) is 0 Å². The average Bonchev–Trinajstić information content (AvgIpc) is 2.06. The molecule has 3 heteroatoms. The molecule has 1 rings (SSSR count). The van der Waals surface area contributed by atoms with Crippen LogP contribution in [0.15, 0.2) is 11.8 Å². The fraction of sp³-hybridized carbons (Fsp3) is 0.667. The highest BCUT2D eigenvalue weighted by molar-refractivity contribution is 5.82. The molecule has 12 heavy (non-hydrogen) atoms. The largest absolute Gasteiger partial charge is 0.463 e. The lowest BCUT2D eigenvalue weighted by Gasteiger charge is -2.15. The molecule has 0 unspecified atom stereocenters. The Labute approximate surface area is 72.8 Å². The van der Waals surface area contributed by atoms with Crippen molar-refractivity contribution in [3.05, 3.63) is 11.8 Å². The van der Waals surface area contributed by atoms with Gasteiger partial charge < -0.3 is 10.1 Å². The van der Waals surface area contributed by atoms with Crippen molar-refractivity contribution in [2.24, 2.45) is 0 Å². The number of esters is 1. The Morgan fingerprint density at radius 3 is 3.08 bits per heavy atom. The molecular weight excluding hydrogens is 154 g/mol. The van der Waals surface area contributed by atoms with E-state index < -0.39 is 0 Å². The number of piperidine rings is 1. The molecule has 0 aromatic rings. The van der Waals surface area contributed by atoms with Gasteiger partial charge in [0, 0.05) is 18.3 Å². The summed E-state index contributed by atoms with van der Waals surface area (Å²) < 4.78 is 4.79. The van der Waals surface area contributed by atoms with Gasteiger partial charge in [-0.3, -0.25) is 0 Å². The van der Waals surface area contributed by atoms with Crippen molar-refractivity contribution in [1.29, 1.82) is 0 Å². The number of rotatable bonds is 2. The molecule has 1 fully saturated rings. The molecule has 1 heterocycles. The van der Waals surface area contributed by atoms with Crippen molar-refractivity contribution in [1.82, 2.24) is 5.32 Å². The number of ether oxygens (including phenoxy) is 1. The maximum atomic E-state index is 11.0. The van der Waals surface area contributed by atoms with E-state index in [4.69, 9.17) is 4.74 Å². The van der Waals surface area contributed by atoms with Gasteiger partial charge in [0.25, 0.3) is 0 Å². The maximum absolute atomic E-state index is 11.0. The minimum atomic E-state index is -0.234. The summed E-state index contributed by atoms with van der Waals surface area (Å²) in [7, 11) is 0. The van der Waals surface area contributed by atoms with Crippen LogP contribution in [-0.4, -0.2) is 19.1 Å². The standard InChI is InChI=1S/C9H15NO2/c1-2-12-9(11)7-8-5-3-4-6-10-8/h7,10H,2-6H2,1H3/b8-7+. The lowest BCUT2D eigenvalue weighted by atomic mass is 10.1. The van der Waals surface area contributed by atoms with Gasteiger partial charge in [0.15, 0.2) is 0 Å². The first-order valence-corrected chi connectivity index (χ1v) is 4.44. The molecule has 0 spiro atoms. The first-order valence-electron chi connectivity index (χ1n) is 4.44. The van der Waals surface area contributed by atoms with Gasteiger partial charge in [0.05, 0.1) is 6.61 Å². The molecule has 68 valence electrons. The van der Waals surface area contributed by atoms with Crippen molar-refractivity contribution in [3.8, 4) is 0 Å². The van der Waals surface area contributed by atoms with Crippen LogP contribution in [0.5, 0.6) is 0 Å². The zero-order valence-electron chi connectivity index (χ0n) is 7.43. The van der Waals surface area contributed by atoms with Gasteiger partial charge >= 0.3 is 5.97 Å². The lowest BCUT2D eigenvalue weighted by Crippen LogP contribution is -2.21. The molecule has 3 nitrogen and oxygen atoms in total. The highest BCUT2D eigenvalue weighted by atomic mass is 16.5. The summed E-state index contributed by atoms with van der Waals surface area (Å²) in [6.45, 7) is 3.23. The number of allylic oxidation sites excluding steroid dienone is 1. The highest BCUT2D eigenvalue weighted by Crippen LogP contribution is 2.09. The van der Waals surface area contributed by atoms with Crippen molar-refractivity contribution < 1.29 is 9.53 Å². The van der Waals surface area contributed by atoms with Crippen molar-refractivity contribution in [2.75, 3.05) is 13.2 Å². The van der Waals surface area contributed by atoms with Gasteiger partial charge in [-0.15, -0.1) is 0 Å². The van der Waals surface area contributed by atoms with Crippen LogP contribution < -0.4 is 5.32 Å². The van der Waals surface area contributed by atoms with E-state index in [0.717, 1.165) is 25.1 Å². The molecule has 0 aromatic heterocycles. The van der Waals surface area contributed by atoms with E-state index in [9.17, 15) is 4.79 Å². The predicted octanol–water partition coefficient (Wildman–Crippen LogP) is 1.21. The van der Waals surface area contributed by atoms with Gasteiger partial charge in [-0.05, 0) is 26.2 Å². The number of hydrogen-bond acceptors (Lipinski definition) is 3. The molecule has 0 aromatic carbocycles. The molecule has 0 saturated carbocycles. The SMILES string of the molecule is CCOC(=O)/C=C1\CCCCN1. The highest BCUT2D eigenvalue weighted by Gasteiger charge is 2.06. The zero-order valence-corrected chi connectivity index (χ0v) is 7.43. The van der Waals surface area contributed by atoms with E-state index in [1.165, 1.54) is 6.42 Å². The van der Waals surface area contributed by atoms with E-state index in [1.54, 1.807) is 6.08 Å². The Hall–Kier alpha value is -0.990. The molecule has 1 saturated heterocycles. The fourth-order valence-electron chi connectivity index (χ4n) is 1.23. The Bertz CT molecular complexity index is 179. The molecule has 1 N–H and O–H groups in total. The van der Waals surface area contributed by atoms with E-state index in [1.807, 2.05) is 6.92 Å². The molecule has 0 amide bonds. The zero-order chi connectivity index (χ0) is 8.81. The number of carbonyl (C=O) groups excluding carboxylic acids is 1. The lowest BCUT2D eigenvalue weighted by molar-refractivity contribution is -0.137. The topological polar surface area (TPSA) is 38.3 Å². The van der Waals surface area contributed by atoms with Gasteiger partial charge in [0.1, 0.15) is 0 Å². The first kappa shape index (κ1) is 9.10. The quantitative estimate of drug-likeness (QED) is 0.498. The second-order valence-corrected chi connectivity index (χ2v) is 2.81. The Morgan fingerprint density at radius 2 is 2.50 bits per heavy atom. The summed E-state index contributed by atoms with van der Waals surface area (Å²) >= 11 is 0. The molecule has 1 aliphatic heterocycles. The number of nitrogens with one attached hydrogen (secondary N) is 1. The Kier molecular flexibility index (Phi) is 3.64. The summed E-state index contributed by atoms with van der Waals surface area (Å²) in [5.74, 6) is -0.234. The van der Waals surface area contributed by atoms with Crippen LogP contribution in [0.4, 0.5) is 0 Å². The third-order valence-electron chi connectivity index (χ3n) is 1.80. The normalized spacial score (nSPS) is 20.2. The van der Waals surface area contributed by atoms with Crippen LogP contribution in [0.3, 0.4) is 0 Å². The molecular formula is C9H15NO2. The van der Waals surface area contributed by atoms with Crippen LogP contribution in [0, 0.1) is 0 Å². The van der Waals surface area contributed by atoms with E-state index in [0.29, 0.717) is 6.61 Å². The molecule has 0 aliphatic carbocycles. The predicted molar refractivity (Wildman–Crippen MR) is 46.6 cm³/mol. The van der Waals surface area contributed by atoms with Crippen molar-refractivity contribution >= 4 is 5.97 Å². The smallest absolute Gasteiger partial charge is 0.332 e. The third kappa shape index (κ3) is 2.95. The van der Waals surface area contributed by atoms with E-state index >= 15 is 0 Å². The number of carbonyl (C=O) groups is 1. The van der Waals surface area contributed by atoms with Gasteiger partial charge in [0.2, 0.25) is 0 Å². The minimum absolute atomic E-state index is 0.234. The van der Waals surface area contributed by atoms with Crippen molar-refractivity contribution in [2.45, 2.75) is 26.2 Å². The van der Waals surface area contributed by atoms with Crippen LogP contribution in [0.1, 0.15) is 26.2 Å². The summed E-state index contributed by atoms with van der Waals surface area (Å²) in [6, 6.07) is 0. The molecule has 0 atom stereocenters. The van der Waals surface area contributed by atoms with Gasteiger partial charge in [-0.1, -0.05) is 0 Å². The first-order chi connectivity index (χ1) is 5.83. The molecule has 0 radical (unpaired) electrons. The van der Waals surface area contributed by atoms with Crippen molar-refractivity contribution in [3.63, 3.8) is 0 Å². The Morgan fingerprint density at radius 1 is 1.67 bits per heavy atom. The van der Waals surface area contributed by atoms with Gasteiger partial charge in [-0.25, -0.2) is 4.79 Å². The third-order valence-corrected chi connectivity index (χ3v) is 1.80. The second-order valence-electron chi connectivity index (χ2n) is 2.81. The molecule has 0 bridgehead atoms. The van der Waals surface area contributed by atoms with Crippen LogP contribution >= 0.6 is 0 Å².